The van der Waals surface area contributed by atoms with Crippen molar-refractivity contribution in [2.24, 2.45) is 5.41 Å². The van der Waals surface area contributed by atoms with E-state index in [0.29, 0.717) is 11.9 Å². The molecule has 2 aliphatic rings. The van der Waals surface area contributed by atoms with E-state index in [1.54, 1.807) is 0 Å². The molecular formula is C17H33N3O. The van der Waals surface area contributed by atoms with Gasteiger partial charge in [0.1, 0.15) is 0 Å². The maximum Gasteiger partial charge on any atom is 0.230 e. The van der Waals surface area contributed by atoms with Crippen LogP contribution in [0.3, 0.4) is 0 Å². The number of likely N-dealkylation sites (tertiary alicyclic amines) is 1. The van der Waals surface area contributed by atoms with Crippen LogP contribution in [0.15, 0.2) is 0 Å². The molecule has 0 saturated carbocycles. The van der Waals surface area contributed by atoms with E-state index in [4.69, 9.17) is 0 Å². The summed E-state index contributed by atoms with van der Waals surface area (Å²) in [5, 5.41) is 3.46. The quantitative estimate of drug-likeness (QED) is 0.844. The molecule has 122 valence electrons. The van der Waals surface area contributed by atoms with Crippen molar-refractivity contribution in [1.82, 2.24) is 15.1 Å². The molecule has 21 heavy (non-hydrogen) atoms. The lowest BCUT2D eigenvalue weighted by atomic mass is 9.75. The summed E-state index contributed by atoms with van der Waals surface area (Å²) in [6.07, 6.45) is 6.57. The van der Waals surface area contributed by atoms with Crippen LogP contribution in [-0.2, 0) is 4.79 Å². The average molecular weight is 295 g/mol. The molecule has 1 atom stereocenters. The van der Waals surface area contributed by atoms with E-state index >= 15 is 0 Å². The Balaban J connectivity index is 1.99. The van der Waals surface area contributed by atoms with Crippen molar-refractivity contribution < 1.29 is 4.79 Å². The minimum Gasteiger partial charge on any atom is -0.342 e. The monoisotopic (exact) mass is 295 g/mol. The summed E-state index contributed by atoms with van der Waals surface area (Å²) in [7, 11) is 2.04. The van der Waals surface area contributed by atoms with E-state index in [-0.39, 0.29) is 5.41 Å². The summed E-state index contributed by atoms with van der Waals surface area (Å²) >= 11 is 0. The number of carbonyl (C=O) groups is 1. The second-order valence-corrected chi connectivity index (χ2v) is 6.89. The van der Waals surface area contributed by atoms with Crippen LogP contribution in [0.1, 0.15) is 52.4 Å². The first-order valence-electron chi connectivity index (χ1n) is 8.83. The normalized spacial score (nSPS) is 28.5. The first kappa shape index (κ1) is 16.8. The molecule has 0 aliphatic carbocycles. The predicted molar refractivity (Wildman–Crippen MR) is 87.4 cm³/mol. The van der Waals surface area contributed by atoms with Crippen LogP contribution in [0.4, 0.5) is 0 Å². The molecule has 0 aromatic rings. The van der Waals surface area contributed by atoms with Gasteiger partial charge in [-0.3, -0.25) is 4.79 Å². The van der Waals surface area contributed by atoms with Gasteiger partial charge >= 0.3 is 0 Å². The van der Waals surface area contributed by atoms with Gasteiger partial charge < -0.3 is 15.1 Å². The van der Waals surface area contributed by atoms with E-state index < -0.39 is 0 Å². The van der Waals surface area contributed by atoms with Crippen molar-refractivity contribution in [2.75, 3.05) is 39.8 Å². The zero-order chi connectivity index (χ0) is 15.3. The summed E-state index contributed by atoms with van der Waals surface area (Å²) in [6.45, 7) is 9.77. The third-order valence-electron chi connectivity index (χ3n) is 5.53. The van der Waals surface area contributed by atoms with Crippen LogP contribution in [0.25, 0.3) is 0 Å². The number of amides is 1. The van der Waals surface area contributed by atoms with Crippen molar-refractivity contribution in [1.29, 1.82) is 0 Å². The summed E-state index contributed by atoms with van der Waals surface area (Å²) in [5.74, 6) is 0.395. The van der Waals surface area contributed by atoms with E-state index in [0.717, 1.165) is 71.2 Å². The molecule has 0 spiro atoms. The fourth-order valence-corrected chi connectivity index (χ4v) is 4.11. The van der Waals surface area contributed by atoms with Crippen LogP contribution in [0.5, 0.6) is 0 Å². The molecule has 4 nitrogen and oxygen atoms in total. The molecular weight excluding hydrogens is 262 g/mol. The number of nitrogens with zero attached hydrogens (tertiary/aromatic N) is 2. The Morgan fingerprint density at radius 1 is 1.33 bits per heavy atom. The van der Waals surface area contributed by atoms with Gasteiger partial charge in [-0.15, -0.1) is 0 Å². The molecule has 1 amide bonds. The molecule has 1 unspecified atom stereocenters. The lowest BCUT2D eigenvalue weighted by Crippen LogP contribution is -2.55. The lowest BCUT2D eigenvalue weighted by molar-refractivity contribution is -0.145. The molecule has 0 radical (unpaired) electrons. The van der Waals surface area contributed by atoms with Crippen molar-refractivity contribution in [3.8, 4) is 0 Å². The van der Waals surface area contributed by atoms with Gasteiger partial charge in [0, 0.05) is 32.7 Å². The number of hydrogen-bond acceptors (Lipinski definition) is 3. The van der Waals surface area contributed by atoms with E-state index in [9.17, 15) is 4.79 Å². The molecule has 2 heterocycles. The van der Waals surface area contributed by atoms with E-state index in [1.165, 1.54) is 0 Å². The van der Waals surface area contributed by atoms with Gasteiger partial charge in [0.2, 0.25) is 5.91 Å². The van der Waals surface area contributed by atoms with Gasteiger partial charge in [-0.2, -0.15) is 0 Å². The molecule has 2 fully saturated rings. The molecule has 0 bridgehead atoms. The number of piperidine rings is 2. The highest BCUT2D eigenvalue weighted by Crippen LogP contribution is 2.34. The predicted octanol–water partition coefficient (Wildman–Crippen LogP) is 2.10. The van der Waals surface area contributed by atoms with E-state index in [1.807, 2.05) is 7.05 Å². The highest BCUT2D eigenvalue weighted by molar-refractivity contribution is 5.83. The van der Waals surface area contributed by atoms with Crippen LogP contribution in [0, 0.1) is 5.41 Å². The second kappa shape index (κ2) is 7.59. The minimum atomic E-state index is -0.135. The Kier molecular flexibility index (Phi) is 6.06. The highest BCUT2D eigenvalue weighted by atomic mass is 16.2. The number of hydrogen-bond donors (Lipinski definition) is 1. The second-order valence-electron chi connectivity index (χ2n) is 6.89. The number of rotatable bonds is 5. The molecule has 2 rings (SSSR count). The van der Waals surface area contributed by atoms with Crippen LogP contribution in [0.2, 0.25) is 0 Å². The molecule has 1 N–H and O–H groups in total. The third-order valence-corrected chi connectivity index (χ3v) is 5.53. The zero-order valence-corrected chi connectivity index (χ0v) is 14.2. The van der Waals surface area contributed by atoms with Gasteiger partial charge in [-0.25, -0.2) is 0 Å². The summed E-state index contributed by atoms with van der Waals surface area (Å²) in [5.41, 5.74) is -0.135. The maximum atomic E-state index is 13.1. The van der Waals surface area contributed by atoms with Gasteiger partial charge in [-0.05, 0) is 45.2 Å². The van der Waals surface area contributed by atoms with E-state index in [2.05, 4.69) is 29.0 Å². The first-order chi connectivity index (χ1) is 10.1. The summed E-state index contributed by atoms with van der Waals surface area (Å²) < 4.78 is 0. The molecule has 0 aromatic carbocycles. The molecule has 4 heteroatoms. The van der Waals surface area contributed by atoms with Crippen molar-refractivity contribution in [3.05, 3.63) is 0 Å². The Labute approximate surface area is 130 Å². The fourth-order valence-electron chi connectivity index (χ4n) is 4.11. The topological polar surface area (TPSA) is 35.6 Å². The van der Waals surface area contributed by atoms with Gasteiger partial charge in [-0.1, -0.05) is 20.3 Å². The average Bonchev–Trinajstić information content (AvgIpc) is 2.54. The van der Waals surface area contributed by atoms with Crippen molar-refractivity contribution in [2.45, 2.75) is 58.4 Å². The summed E-state index contributed by atoms with van der Waals surface area (Å²) in [4.78, 5) is 17.7. The fraction of sp³-hybridized carbons (Fsp3) is 0.941. The maximum absolute atomic E-state index is 13.1. The van der Waals surface area contributed by atoms with Crippen LogP contribution >= 0.6 is 0 Å². The Hall–Kier alpha value is -0.610. The van der Waals surface area contributed by atoms with Crippen molar-refractivity contribution >= 4 is 5.91 Å². The molecule has 2 saturated heterocycles. The number of nitrogens with one attached hydrogen (secondary N) is 1. The molecule has 2 aliphatic heterocycles. The Morgan fingerprint density at radius 3 is 2.57 bits per heavy atom. The lowest BCUT2D eigenvalue weighted by Gasteiger charge is -2.43. The zero-order valence-electron chi connectivity index (χ0n) is 14.2. The van der Waals surface area contributed by atoms with Gasteiger partial charge in [0.05, 0.1) is 5.41 Å². The Bertz CT molecular complexity index is 325. The largest absolute Gasteiger partial charge is 0.342 e. The van der Waals surface area contributed by atoms with Crippen LogP contribution in [-0.4, -0.2) is 61.5 Å². The molecule has 0 aromatic heterocycles. The smallest absolute Gasteiger partial charge is 0.230 e. The van der Waals surface area contributed by atoms with Crippen LogP contribution < -0.4 is 5.32 Å². The number of carbonyl (C=O) groups excluding carboxylic acids is 1. The first-order valence-corrected chi connectivity index (χ1v) is 8.83. The minimum absolute atomic E-state index is 0.135. The summed E-state index contributed by atoms with van der Waals surface area (Å²) in [6, 6.07) is 0.441. The standard InChI is InChI=1S/C17H33N3O/c1-4-9-17(10-6-11-18-14-17)16(21)19(3)15-7-12-20(5-2)13-8-15/h15,18H,4-14H2,1-3H3. The Morgan fingerprint density at radius 2 is 2.05 bits per heavy atom. The van der Waals surface area contributed by atoms with Crippen molar-refractivity contribution in [3.63, 3.8) is 0 Å². The SMILES string of the molecule is CCCC1(C(=O)N(C)C2CCN(CC)CC2)CCCNC1. The van der Waals surface area contributed by atoms with Gasteiger partial charge in [0.25, 0.3) is 0 Å². The highest BCUT2D eigenvalue weighted by Gasteiger charge is 2.42. The van der Waals surface area contributed by atoms with Gasteiger partial charge in [0.15, 0.2) is 0 Å². The third kappa shape index (κ3) is 3.78.